The Kier molecular flexibility index (Phi) is 8.44. The summed E-state index contributed by atoms with van der Waals surface area (Å²) in [6.07, 6.45) is 14.1. The molecule has 0 heterocycles. The van der Waals surface area contributed by atoms with Crippen molar-refractivity contribution in [1.29, 1.82) is 0 Å². The van der Waals surface area contributed by atoms with E-state index in [4.69, 9.17) is 0 Å². The van der Waals surface area contributed by atoms with Gasteiger partial charge in [-0.1, -0.05) is 49.8 Å². The van der Waals surface area contributed by atoms with Crippen LogP contribution in [0, 0.1) is 5.92 Å². The molecule has 1 rings (SSSR count). The van der Waals surface area contributed by atoms with Gasteiger partial charge < -0.3 is 10.2 Å². The number of hydrogen-bond acceptors (Lipinski definition) is 2. The van der Waals surface area contributed by atoms with Crippen molar-refractivity contribution in [2.24, 2.45) is 5.92 Å². The van der Waals surface area contributed by atoms with Gasteiger partial charge in [0.1, 0.15) is 12.2 Å². The Labute approximate surface area is 135 Å². The van der Waals surface area contributed by atoms with Crippen molar-refractivity contribution in [3.05, 3.63) is 47.1 Å². The fraction of sp³-hybridized carbons (Fsp3) is 0.600. The van der Waals surface area contributed by atoms with Gasteiger partial charge in [-0.25, -0.2) is 0 Å². The fourth-order valence-corrected chi connectivity index (χ4v) is 2.67. The first kappa shape index (κ1) is 18.9. The van der Waals surface area contributed by atoms with Crippen LogP contribution in [0.2, 0.25) is 0 Å². The van der Waals surface area contributed by atoms with E-state index in [-0.39, 0.29) is 5.92 Å². The van der Waals surface area contributed by atoms with Gasteiger partial charge in [-0.3, -0.25) is 0 Å². The van der Waals surface area contributed by atoms with Crippen molar-refractivity contribution in [1.82, 2.24) is 0 Å². The Balaban J connectivity index is 2.98. The molecule has 124 valence electrons. The molecule has 22 heavy (non-hydrogen) atoms. The van der Waals surface area contributed by atoms with Gasteiger partial charge in [-0.2, -0.15) is 0 Å². The molecule has 2 atom stereocenters. The monoisotopic (exact) mass is 304 g/mol. The van der Waals surface area contributed by atoms with Crippen LogP contribution in [0.1, 0.15) is 59.8 Å². The highest BCUT2D eigenvalue weighted by Gasteiger charge is 2.23. The zero-order valence-corrected chi connectivity index (χ0v) is 14.5. The molecule has 0 aromatic rings. The number of rotatable bonds is 1. The highest BCUT2D eigenvalue weighted by molar-refractivity contribution is 5.23. The molecule has 0 aromatic carbocycles. The van der Waals surface area contributed by atoms with Gasteiger partial charge in [-0.05, 0) is 63.0 Å². The van der Waals surface area contributed by atoms with Crippen LogP contribution in [0.25, 0.3) is 0 Å². The Morgan fingerprint density at radius 1 is 1.00 bits per heavy atom. The molecule has 0 radical (unpaired) electrons. The standard InChI is InChI=1S/C20H32O2/c1-15(2)18-14-9-7-5-6-8-11-16(3)12-10-13-17(4)19(21)20(18)22/h7,9,11,13-15,19-22H,5-6,8,10,12H2,1-4H3. The van der Waals surface area contributed by atoms with Gasteiger partial charge >= 0.3 is 0 Å². The maximum atomic E-state index is 10.5. The molecule has 1 aliphatic rings. The summed E-state index contributed by atoms with van der Waals surface area (Å²) < 4.78 is 0. The minimum Gasteiger partial charge on any atom is -0.386 e. The van der Waals surface area contributed by atoms with Gasteiger partial charge in [-0.15, -0.1) is 0 Å². The average Bonchev–Trinajstić information content (AvgIpc) is 2.47. The molecule has 0 amide bonds. The van der Waals surface area contributed by atoms with E-state index in [1.165, 1.54) is 5.57 Å². The van der Waals surface area contributed by atoms with Crippen LogP contribution in [0.5, 0.6) is 0 Å². The van der Waals surface area contributed by atoms with E-state index >= 15 is 0 Å². The van der Waals surface area contributed by atoms with Gasteiger partial charge in [0.15, 0.2) is 0 Å². The second-order valence-corrected chi connectivity index (χ2v) is 6.61. The molecule has 0 bridgehead atoms. The maximum Gasteiger partial charge on any atom is 0.105 e. The first-order valence-corrected chi connectivity index (χ1v) is 8.48. The van der Waals surface area contributed by atoms with E-state index in [1.807, 2.05) is 19.1 Å². The quantitative estimate of drug-likeness (QED) is 0.689. The number of aliphatic hydroxyl groups is 2. The summed E-state index contributed by atoms with van der Waals surface area (Å²) in [4.78, 5) is 0. The highest BCUT2D eigenvalue weighted by Crippen LogP contribution is 2.22. The van der Waals surface area contributed by atoms with Crippen molar-refractivity contribution in [3.63, 3.8) is 0 Å². The average molecular weight is 304 g/mol. The SMILES string of the molecule is CC1=CCCCC=CC=C(C(C)C)C(O)C(O)C(C)=CCC1. The molecule has 0 aromatic heterocycles. The lowest BCUT2D eigenvalue weighted by Crippen LogP contribution is -2.30. The Bertz CT molecular complexity index is 452. The van der Waals surface area contributed by atoms with Crippen LogP contribution in [0.3, 0.4) is 0 Å². The van der Waals surface area contributed by atoms with Gasteiger partial charge in [0.05, 0.1) is 0 Å². The predicted molar refractivity (Wildman–Crippen MR) is 94.7 cm³/mol. The lowest BCUT2D eigenvalue weighted by atomic mass is 9.90. The molecular formula is C20H32O2. The lowest BCUT2D eigenvalue weighted by Gasteiger charge is -2.24. The highest BCUT2D eigenvalue weighted by atomic mass is 16.3. The van der Waals surface area contributed by atoms with E-state index in [0.717, 1.165) is 43.3 Å². The number of aliphatic hydroxyl groups excluding tert-OH is 2. The third-order valence-corrected chi connectivity index (χ3v) is 4.27. The van der Waals surface area contributed by atoms with Crippen LogP contribution >= 0.6 is 0 Å². The number of hydrogen-bond donors (Lipinski definition) is 2. The van der Waals surface area contributed by atoms with E-state index < -0.39 is 12.2 Å². The smallest absolute Gasteiger partial charge is 0.105 e. The summed E-state index contributed by atoms with van der Waals surface area (Å²) >= 11 is 0. The molecule has 2 heteroatoms. The Morgan fingerprint density at radius 3 is 2.41 bits per heavy atom. The summed E-state index contributed by atoms with van der Waals surface area (Å²) in [5.41, 5.74) is 3.14. The molecule has 0 spiro atoms. The van der Waals surface area contributed by atoms with E-state index in [1.54, 1.807) is 0 Å². The van der Waals surface area contributed by atoms with Crippen LogP contribution in [0.15, 0.2) is 47.1 Å². The molecular weight excluding hydrogens is 272 g/mol. The molecule has 0 saturated heterocycles. The normalized spacial score (nSPS) is 25.9. The third-order valence-electron chi connectivity index (χ3n) is 4.27. The van der Waals surface area contributed by atoms with Gasteiger partial charge in [0.2, 0.25) is 0 Å². The molecule has 2 N–H and O–H groups in total. The van der Waals surface area contributed by atoms with Gasteiger partial charge in [0.25, 0.3) is 0 Å². The minimum atomic E-state index is -0.831. The lowest BCUT2D eigenvalue weighted by molar-refractivity contribution is 0.0603. The maximum absolute atomic E-state index is 10.5. The van der Waals surface area contributed by atoms with Crippen molar-refractivity contribution < 1.29 is 10.2 Å². The molecule has 0 fully saturated rings. The number of allylic oxidation sites excluding steroid dienone is 6. The fourth-order valence-electron chi connectivity index (χ4n) is 2.67. The first-order chi connectivity index (χ1) is 10.4. The predicted octanol–water partition coefficient (Wildman–Crippen LogP) is 4.70. The summed E-state index contributed by atoms with van der Waals surface area (Å²) in [7, 11) is 0. The molecule has 1 aliphatic carbocycles. The molecule has 0 aliphatic heterocycles. The van der Waals surface area contributed by atoms with E-state index in [0.29, 0.717) is 0 Å². The largest absolute Gasteiger partial charge is 0.386 e. The van der Waals surface area contributed by atoms with E-state index in [2.05, 4.69) is 39.0 Å². The second-order valence-electron chi connectivity index (χ2n) is 6.61. The third kappa shape index (κ3) is 6.33. The van der Waals surface area contributed by atoms with Gasteiger partial charge in [0, 0.05) is 0 Å². The van der Waals surface area contributed by atoms with Crippen molar-refractivity contribution in [3.8, 4) is 0 Å². The van der Waals surface area contributed by atoms with Crippen molar-refractivity contribution >= 4 is 0 Å². The Hall–Kier alpha value is -1.12. The zero-order valence-electron chi connectivity index (χ0n) is 14.5. The first-order valence-electron chi connectivity index (χ1n) is 8.48. The van der Waals surface area contributed by atoms with Crippen molar-refractivity contribution in [2.45, 2.75) is 72.0 Å². The van der Waals surface area contributed by atoms with Crippen LogP contribution in [-0.4, -0.2) is 22.4 Å². The van der Waals surface area contributed by atoms with Crippen molar-refractivity contribution in [2.75, 3.05) is 0 Å². The van der Waals surface area contributed by atoms with E-state index in [9.17, 15) is 10.2 Å². The minimum absolute atomic E-state index is 0.210. The zero-order chi connectivity index (χ0) is 16.5. The summed E-state index contributed by atoms with van der Waals surface area (Å²) in [6, 6.07) is 0. The Morgan fingerprint density at radius 2 is 1.73 bits per heavy atom. The summed E-state index contributed by atoms with van der Waals surface area (Å²) in [6.45, 7) is 8.17. The summed E-state index contributed by atoms with van der Waals surface area (Å²) in [5, 5.41) is 20.9. The summed E-state index contributed by atoms with van der Waals surface area (Å²) in [5.74, 6) is 0.210. The molecule has 2 unspecified atom stereocenters. The molecule has 0 saturated carbocycles. The van der Waals surface area contributed by atoms with Crippen LogP contribution < -0.4 is 0 Å². The molecule has 2 nitrogen and oxygen atoms in total. The van der Waals surface area contributed by atoms with Crippen LogP contribution in [-0.2, 0) is 0 Å². The topological polar surface area (TPSA) is 40.5 Å². The van der Waals surface area contributed by atoms with Crippen LogP contribution in [0.4, 0.5) is 0 Å². The second kappa shape index (κ2) is 9.81.